The average Bonchev–Trinajstić information content (AvgIpc) is 3.88. The van der Waals surface area contributed by atoms with Gasteiger partial charge in [-0.1, -0.05) is 86.7 Å². The van der Waals surface area contributed by atoms with Crippen molar-refractivity contribution in [2.24, 2.45) is 5.92 Å². The highest BCUT2D eigenvalue weighted by Crippen LogP contribution is 2.28. The van der Waals surface area contributed by atoms with E-state index in [0.29, 0.717) is 40.6 Å². The van der Waals surface area contributed by atoms with E-state index in [4.69, 9.17) is 4.74 Å². The Kier molecular flexibility index (Phi) is 13.1. The van der Waals surface area contributed by atoms with Crippen molar-refractivity contribution in [1.82, 2.24) is 24.5 Å². The molecule has 0 spiro atoms. The summed E-state index contributed by atoms with van der Waals surface area (Å²) in [5.41, 5.74) is 4.04. The number of hydrogen-bond donors (Lipinski definition) is 0. The van der Waals surface area contributed by atoms with Gasteiger partial charge in [-0.2, -0.15) is 10.2 Å². The third-order valence-electron chi connectivity index (χ3n) is 9.82. The van der Waals surface area contributed by atoms with Crippen molar-refractivity contribution in [3.05, 3.63) is 150 Å². The lowest BCUT2D eigenvalue weighted by atomic mass is 9.86. The summed E-state index contributed by atoms with van der Waals surface area (Å²) in [7, 11) is 0. The molecule has 3 heterocycles. The lowest BCUT2D eigenvalue weighted by Gasteiger charge is -2.26. The molecule has 0 unspecified atom stereocenters. The van der Waals surface area contributed by atoms with Gasteiger partial charge >= 0.3 is 0 Å². The highest BCUT2D eigenvalue weighted by atomic mass is 16.5. The van der Waals surface area contributed by atoms with Crippen LogP contribution in [-0.2, 0) is 4.79 Å². The third-order valence-corrected chi connectivity index (χ3v) is 9.82. The van der Waals surface area contributed by atoms with E-state index < -0.39 is 0 Å². The molecular formula is C45H48N6O4. The van der Waals surface area contributed by atoms with Gasteiger partial charge in [0.1, 0.15) is 12.4 Å². The number of ketones is 2. The Morgan fingerprint density at radius 1 is 0.800 bits per heavy atom. The number of pyridine rings is 1. The van der Waals surface area contributed by atoms with E-state index >= 15 is 0 Å². The maximum atomic E-state index is 13.1. The molecule has 3 aromatic carbocycles. The normalized spacial score (nSPS) is 12.8. The second-order valence-corrected chi connectivity index (χ2v) is 14.1. The average molecular weight is 737 g/mol. The van der Waals surface area contributed by atoms with Crippen LogP contribution < -0.4 is 9.64 Å². The van der Waals surface area contributed by atoms with E-state index in [0.717, 1.165) is 23.5 Å². The Morgan fingerprint density at radius 2 is 1.49 bits per heavy atom. The fourth-order valence-electron chi connectivity index (χ4n) is 6.87. The van der Waals surface area contributed by atoms with Crippen LogP contribution >= 0.6 is 0 Å². The molecule has 1 saturated carbocycles. The van der Waals surface area contributed by atoms with Crippen molar-refractivity contribution >= 4 is 23.2 Å². The fourth-order valence-corrected chi connectivity index (χ4v) is 6.87. The van der Waals surface area contributed by atoms with Gasteiger partial charge < -0.3 is 9.64 Å². The largest absolute Gasteiger partial charge is 0.485 e. The molecule has 0 N–H and O–H groups in total. The second kappa shape index (κ2) is 18.7. The molecular weight excluding hydrogens is 689 g/mol. The summed E-state index contributed by atoms with van der Waals surface area (Å²) >= 11 is 0. The van der Waals surface area contributed by atoms with Crippen LogP contribution in [0.3, 0.4) is 0 Å². The lowest BCUT2D eigenvalue weighted by Crippen LogP contribution is -2.37. The third kappa shape index (κ3) is 9.89. The zero-order chi connectivity index (χ0) is 38.6. The van der Waals surface area contributed by atoms with Gasteiger partial charge in [-0.25, -0.2) is 14.3 Å². The Labute approximate surface area is 322 Å². The van der Waals surface area contributed by atoms with Crippen LogP contribution in [0, 0.1) is 12.8 Å². The molecule has 1 aliphatic carbocycles. The lowest BCUT2D eigenvalue weighted by molar-refractivity contribution is -0.121. The number of rotatable bonds is 13. The molecule has 1 fully saturated rings. The smallest absolute Gasteiger partial charge is 0.261 e. The number of hydrogen-bond acceptors (Lipinski definition) is 7. The molecule has 10 nitrogen and oxygen atoms in total. The van der Waals surface area contributed by atoms with Gasteiger partial charge in [0, 0.05) is 30.5 Å². The van der Waals surface area contributed by atoms with E-state index in [-0.39, 0.29) is 30.1 Å². The molecule has 3 aromatic heterocycles. The number of amides is 1. The molecule has 6 aromatic rings. The number of ether oxygens (including phenoxy) is 1. The SMILES string of the molecule is Cc1c(C(=O)N(c2ccccc2)C(C)C)cnn1-c1ccccn1.O=C(CCC1CCCCC1)COc1ccccc1C(=O)c1cnn(-c2ccccc2)c1. The topological polar surface area (TPSA) is 112 Å². The molecule has 0 atom stereocenters. The van der Waals surface area contributed by atoms with E-state index in [2.05, 4.69) is 15.2 Å². The quantitative estimate of drug-likeness (QED) is 0.109. The number of aromatic nitrogens is 5. The molecule has 1 amide bonds. The molecule has 10 heteroatoms. The monoisotopic (exact) mass is 736 g/mol. The van der Waals surface area contributed by atoms with E-state index in [1.165, 1.54) is 32.1 Å². The fraction of sp³-hybridized carbons (Fsp3) is 0.289. The number of carbonyl (C=O) groups is 3. The predicted molar refractivity (Wildman–Crippen MR) is 214 cm³/mol. The predicted octanol–water partition coefficient (Wildman–Crippen LogP) is 9.04. The minimum atomic E-state index is -0.174. The minimum absolute atomic E-state index is 0.000288. The second-order valence-electron chi connectivity index (χ2n) is 14.1. The van der Waals surface area contributed by atoms with Crippen LogP contribution in [0.1, 0.15) is 90.8 Å². The van der Waals surface area contributed by atoms with Crippen molar-refractivity contribution in [1.29, 1.82) is 0 Å². The Balaban J connectivity index is 0.000000193. The van der Waals surface area contributed by atoms with Gasteiger partial charge in [-0.05, 0) is 81.6 Å². The Morgan fingerprint density at radius 3 is 2.20 bits per heavy atom. The first-order chi connectivity index (χ1) is 26.8. The molecule has 0 bridgehead atoms. The van der Waals surface area contributed by atoms with E-state index in [1.807, 2.05) is 106 Å². The van der Waals surface area contributed by atoms with E-state index in [9.17, 15) is 14.4 Å². The number of para-hydroxylation sites is 3. The van der Waals surface area contributed by atoms with Gasteiger partial charge in [-0.15, -0.1) is 0 Å². The number of carbonyl (C=O) groups excluding carboxylic acids is 3. The zero-order valence-corrected chi connectivity index (χ0v) is 31.8. The number of Topliss-reactive ketones (excluding diaryl/α,β-unsaturated/α-hetero) is 1. The molecule has 0 aliphatic heterocycles. The van der Waals surface area contributed by atoms with Crippen LogP contribution in [0.25, 0.3) is 11.5 Å². The summed E-state index contributed by atoms with van der Waals surface area (Å²) < 4.78 is 9.14. The van der Waals surface area contributed by atoms with Crippen LogP contribution in [0.2, 0.25) is 0 Å². The zero-order valence-electron chi connectivity index (χ0n) is 31.8. The standard InChI is InChI=1S/C26H28N2O3.C19H20N4O/c29-23(16-15-20-9-3-1-4-10-20)19-31-25-14-8-7-13-24(25)26(30)21-17-27-28(18-21)22-11-5-2-6-12-22;1-14(2)22(16-9-5-4-6-10-16)19(24)17-13-21-23(15(17)3)18-11-7-8-12-20-18/h2,5-8,11-14,17-18,20H,1,3-4,9-10,15-16,19H2;4-14H,1-3H3. The van der Waals surface area contributed by atoms with Crippen LogP contribution in [-0.4, -0.2) is 54.7 Å². The highest BCUT2D eigenvalue weighted by Gasteiger charge is 2.25. The van der Waals surface area contributed by atoms with Gasteiger partial charge in [0.05, 0.1) is 40.5 Å². The first-order valence-corrected chi connectivity index (χ1v) is 19.0. The Hall–Kier alpha value is -6.16. The molecule has 1 aliphatic rings. The van der Waals surface area contributed by atoms with Crippen molar-refractivity contribution in [2.45, 2.75) is 71.8 Å². The van der Waals surface area contributed by atoms with Gasteiger partial charge in [0.15, 0.2) is 17.4 Å². The molecule has 0 saturated heterocycles. The summed E-state index contributed by atoms with van der Waals surface area (Å²) in [6.45, 7) is 5.89. The van der Waals surface area contributed by atoms with Crippen molar-refractivity contribution in [2.75, 3.05) is 11.5 Å². The van der Waals surface area contributed by atoms with Crippen molar-refractivity contribution < 1.29 is 19.1 Å². The molecule has 0 radical (unpaired) electrons. The van der Waals surface area contributed by atoms with Crippen LogP contribution in [0.15, 0.2) is 128 Å². The summed E-state index contributed by atoms with van der Waals surface area (Å²) in [5, 5.41) is 8.66. The van der Waals surface area contributed by atoms with Crippen molar-refractivity contribution in [3.63, 3.8) is 0 Å². The van der Waals surface area contributed by atoms with E-state index in [1.54, 1.807) is 57.2 Å². The highest BCUT2D eigenvalue weighted by molar-refractivity contribution is 6.10. The summed E-state index contributed by atoms with van der Waals surface area (Å²) in [4.78, 5) is 44.6. The molecule has 282 valence electrons. The number of benzene rings is 3. The Bertz CT molecular complexity index is 2160. The maximum Gasteiger partial charge on any atom is 0.261 e. The minimum Gasteiger partial charge on any atom is -0.485 e. The van der Waals surface area contributed by atoms with Crippen LogP contribution in [0.5, 0.6) is 5.75 Å². The van der Waals surface area contributed by atoms with Crippen molar-refractivity contribution in [3.8, 4) is 17.3 Å². The first-order valence-electron chi connectivity index (χ1n) is 19.0. The summed E-state index contributed by atoms with van der Waals surface area (Å²) in [6, 6.07) is 32.1. The molecule has 55 heavy (non-hydrogen) atoms. The summed E-state index contributed by atoms with van der Waals surface area (Å²) in [6.07, 6.45) is 14.5. The van der Waals surface area contributed by atoms with Gasteiger partial charge in [0.25, 0.3) is 5.91 Å². The molecule has 7 rings (SSSR count). The number of nitrogens with zero attached hydrogens (tertiary/aromatic N) is 6. The van der Waals surface area contributed by atoms with Gasteiger partial charge in [-0.3, -0.25) is 14.4 Å². The van der Waals surface area contributed by atoms with Gasteiger partial charge in [0.2, 0.25) is 0 Å². The maximum absolute atomic E-state index is 13.1. The number of anilines is 1. The van der Waals surface area contributed by atoms with Crippen LogP contribution in [0.4, 0.5) is 5.69 Å². The summed E-state index contributed by atoms with van der Waals surface area (Å²) in [5.74, 6) is 1.66. The first kappa shape index (κ1) is 38.6.